The summed E-state index contributed by atoms with van der Waals surface area (Å²) in [5, 5.41) is 6.65. The van der Waals surface area contributed by atoms with Crippen LogP contribution in [0.25, 0.3) is 0 Å². The molecule has 0 aliphatic carbocycles. The minimum Gasteiger partial charge on any atom is -0.342 e. The fourth-order valence-electron chi connectivity index (χ4n) is 2.81. The van der Waals surface area contributed by atoms with Gasteiger partial charge in [0, 0.05) is 26.6 Å². The van der Waals surface area contributed by atoms with Crippen molar-refractivity contribution < 1.29 is 22.5 Å². The standard InChI is InChI=1S/C14H15F3N6O2/c1-8(24)21-13(11-19-9(2)25-22-11)4-6-23(7-13)12-18-5-3-10(20-12)14(15,16)17/h3,5H,4,6-7H2,1-2H3,(H,21,24)/t13-/m0/s1. The van der Waals surface area contributed by atoms with Crippen molar-refractivity contribution in [2.45, 2.75) is 32.0 Å². The number of hydrogen-bond donors (Lipinski definition) is 1. The molecule has 1 saturated heterocycles. The molecule has 1 atom stereocenters. The Morgan fingerprint density at radius 1 is 1.40 bits per heavy atom. The molecule has 1 aliphatic rings. The van der Waals surface area contributed by atoms with Crippen molar-refractivity contribution in [1.29, 1.82) is 0 Å². The number of carbonyl (C=O) groups excluding carboxylic acids is 1. The van der Waals surface area contributed by atoms with E-state index in [9.17, 15) is 18.0 Å². The molecule has 0 bridgehead atoms. The maximum atomic E-state index is 12.8. The molecule has 2 aromatic rings. The second-order valence-corrected chi connectivity index (χ2v) is 5.81. The second kappa shape index (κ2) is 5.97. The van der Waals surface area contributed by atoms with E-state index in [0.717, 1.165) is 12.3 Å². The quantitative estimate of drug-likeness (QED) is 0.888. The Labute approximate surface area is 140 Å². The minimum absolute atomic E-state index is 0.0673. The molecule has 1 amide bonds. The van der Waals surface area contributed by atoms with Crippen molar-refractivity contribution >= 4 is 11.9 Å². The normalized spacial score (nSPS) is 20.8. The molecular weight excluding hydrogens is 341 g/mol. The zero-order valence-electron chi connectivity index (χ0n) is 13.5. The van der Waals surface area contributed by atoms with Crippen LogP contribution in [-0.2, 0) is 16.5 Å². The van der Waals surface area contributed by atoms with Gasteiger partial charge >= 0.3 is 6.18 Å². The van der Waals surface area contributed by atoms with Crippen LogP contribution in [0, 0.1) is 6.92 Å². The summed E-state index contributed by atoms with van der Waals surface area (Å²) < 4.78 is 43.5. The van der Waals surface area contributed by atoms with Gasteiger partial charge in [-0.05, 0) is 12.5 Å². The molecule has 0 radical (unpaired) electrons. The molecule has 1 fully saturated rings. The van der Waals surface area contributed by atoms with Crippen LogP contribution in [0.1, 0.15) is 30.8 Å². The Balaban J connectivity index is 1.91. The lowest BCUT2D eigenvalue weighted by molar-refractivity contribution is -0.141. The van der Waals surface area contributed by atoms with Crippen LogP contribution in [0.15, 0.2) is 16.8 Å². The summed E-state index contributed by atoms with van der Waals surface area (Å²) in [4.78, 5) is 24.8. The van der Waals surface area contributed by atoms with Crippen LogP contribution in [0.4, 0.5) is 19.1 Å². The molecule has 0 saturated carbocycles. The Morgan fingerprint density at radius 3 is 2.76 bits per heavy atom. The second-order valence-electron chi connectivity index (χ2n) is 5.81. The average molecular weight is 356 g/mol. The van der Waals surface area contributed by atoms with E-state index >= 15 is 0 Å². The molecule has 3 heterocycles. The van der Waals surface area contributed by atoms with Crippen molar-refractivity contribution in [1.82, 2.24) is 25.4 Å². The smallest absolute Gasteiger partial charge is 0.342 e. The molecule has 0 spiro atoms. The summed E-state index contributed by atoms with van der Waals surface area (Å²) in [6.45, 7) is 3.42. The first-order valence-electron chi connectivity index (χ1n) is 7.44. The van der Waals surface area contributed by atoms with Crippen molar-refractivity contribution in [2.24, 2.45) is 0 Å². The van der Waals surface area contributed by atoms with Gasteiger partial charge < -0.3 is 14.7 Å². The number of anilines is 1. The largest absolute Gasteiger partial charge is 0.433 e. The molecule has 3 rings (SSSR count). The average Bonchev–Trinajstić information content (AvgIpc) is 3.14. The van der Waals surface area contributed by atoms with Gasteiger partial charge in [0.15, 0.2) is 5.82 Å². The lowest BCUT2D eigenvalue weighted by Gasteiger charge is -2.26. The van der Waals surface area contributed by atoms with Gasteiger partial charge in [0.25, 0.3) is 0 Å². The van der Waals surface area contributed by atoms with E-state index in [1.54, 1.807) is 11.8 Å². The molecule has 25 heavy (non-hydrogen) atoms. The molecule has 8 nitrogen and oxygen atoms in total. The molecular formula is C14H15F3N6O2. The minimum atomic E-state index is -4.56. The van der Waals surface area contributed by atoms with Crippen LogP contribution in [-0.4, -0.2) is 39.1 Å². The number of nitrogens with one attached hydrogen (secondary N) is 1. The molecule has 1 aliphatic heterocycles. The van der Waals surface area contributed by atoms with Gasteiger partial charge in [-0.15, -0.1) is 0 Å². The van der Waals surface area contributed by atoms with E-state index in [4.69, 9.17) is 4.52 Å². The predicted molar refractivity (Wildman–Crippen MR) is 78.4 cm³/mol. The number of halogens is 3. The fourth-order valence-corrected chi connectivity index (χ4v) is 2.81. The van der Waals surface area contributed by atoms with Gasteiger partial charge in [0.2, 0.25) is 17.7 Å². The summed E-state index contributed by atoms with van der Waals surface area (Å²) in [5.41, 5.74) is -1.99. The summed E-state index contributed by atoms with van der Waals surface area (Å²) in [7, 11) is 0. The first kappa shape index (κ1) is 17.1. The number of hydrogen-bond acceptors (Lipinski definition) is 7. The topological polar surface area (TPSA) is 97.0 Å². The Hall–Kier alpha value is -2.72. The Bertz CT molecular complexity index is 793. The number of aryl methyl sites for hydroxylation is 1. The third-order valence-electron chi connectivity index (χ3n) is 3.86. The van der Waals surface area contributed by atoms with E-state index in [1.165, 1.54) is 6.92 Å². The van der Waals surface area contributed by atoms with Crippen molar-refractivity contribution in [3.8, 4) is 0 Å². The summed E-state index contributed by atoms with van der Waals surface area (Å²) in [5.74, 6) is 0.222. The van der Waals surface area contributed by atoms with E-state index in [1.807, 2.05) is 0 Å². The number of aromatic nitrogens is 4. The third-order valence-corrected chi connectivity index (χ3v) is 3.86. The first-order valence-corrected chi connectivity index (χ1v) is 7.44. The molecule has 1 N–H and O–H groups in total. The summed E-state index contributed by atoms with van der Waals surface area (Å²) in [6, 6.07) is 0.809. The van der Waals surface area contributed by atoms with Crippen molar-refractivity contribution in [3.05, 3.63) is 29.7 Å². The number of carbonyl (C=O) groups is 1. The lowest BCUT2D eigenvalue weighted by atomic mass is 9.97. The zero-order chi connectivity index (χ0) is 18.2. The predicted octanol–water partition coefficient (Wildman–Crippen LogP) is 1.43. The van der Waals surface area contributed by atoms with Gasteiger partial charge in [-0.3, -0.25) is 4.79 Å². The van der Waals surface area contributed by atoms with E-state index in [-0.39, 0.29) is 24.2 Å². The monoisotopic (exact) mass is 356 g/mol. The Kier molecular flexibility index (Phi) is 4.09. The lowest BCUT2D eigenvalue weighted by Crippen LogP contribution is -2.48. The molecule has 0 unspecified atom stereocenters. The number of amides is 1. The number of nitrogens with zero attached hydrogens (tertiary/aromatic N) is 5. The fraction of sp³-hybridized carbons (Fsp3) is 0.500. The Morgan fingerprint density at radius 2 is 2.16 bits per heavy atom. The van der Waals surface area contributed by atoms with Crippen LogP contribution in [0.2, 0.25) is 0 Å². The van der Waals surface area contributed by atoms with E-state index < -0.39 is 17.4 Å². The van der Waals surface area contributed by atoms with Crippen LogP contribution in [0.3, 0.4) is 0 Å². The number of rotatable bonds is 3. The van der Waals surface area contributed by atoms with Gasteiger partial charge in [0.05, 0.1) is 6.54 Å². The zero-order valence-corrected chi connectivity index (χ0v) is 13.5. The van der Waals surface area contributed by atoms with Crippen LogP contribution >= 0.6 is 0 Å². The highest BCUT2D eigenvalue weighted by Crippen LogP contribution is 2.33. The molecule has 0 aromatic carbocycles. The molecule has 2 aromatic heterocycles. The summed E-state index contributed by atoms with van der Waals surface area (Å²) >= 11 is 0. The van der Waals surface area contributed by atoms with Gasteiger partial charge in [-0.2, -0.15) is 18.2 Å². The molecule has 134 valence electrons. The van der Waals surface area contributed by atoms with Crippen LogP contribution < -0.4 is 10.2 Å². The van der Waals surface area contributed by atoms with Crippen molar-refractivity contribution in [2.75, 3.05) is 18.0 Å². The SMILES string of the molecule is CC(=O)N[C@@]1(c2noc(C)n2)CCN(c2nccc(C(F)(F)F)n2)C1. The van der Waals surface area contributed by atoms with Gasteiger partial charge in [0.1, 0.15) is 11.2 Å². The maximum absolute atomic E-state index is 12.8. The van der Waals surface area contributed by atoms with Gasteiger partial charge in [-0.25, -0.2) is 9.97 Å². The third kappa shape index (κ3) is 3.39. The van der Waals surface area contributed by atoms with Gasteiger partial charge in [-0.1, -0.05) is 5.16 Å². The molecule has 11 heteroatoms. The van der Waals surface area contributed by atoms with E-state index in [2.05, 4.69) is 25.4 Å². The van der Waals surface area contributed by atoms with E-state index in [0.29, 0.717) is 18.9 Å². The maximum Gasteiger partial charge on any atom is 0.433 e. The van der Waals surface area contributed by atoms with Crippen molar-refractivity contribution in [3.63, 3.8) is 0 Å². The highest BCUT2D eigenvalue weighted by atomic mass is 19.4. The first-order chi connectivity index (χ1) is 11.7. The van der Waals surface area contributed by atoms with Crippen LogP contribution in [0.5, 0.6) is 0 Å². The highest BCUT2D eigenvalue weighted by Gasteiger charge is 2.45. The summed E-state index contributed by atoms with van der Waals surface area (Å²) in [6.07, 6.45) is -3.12. The number of alkyl halides is 3. The highest BCUT2D eigenvalue weighted by molar-refractivity contribution is 5.74.